The van der Waals surface area contributed by atoms with Crippen molar-refractivity contribution in [3.8, 4) is 0 Å². The van der Waals surface area contributed by atoms with E-state index < -0.39 is 6.04 Å². The third-order valence-corrected chi connectivity index (χ3v) is 3.19. The number of hydrogen-bond acceptors (Lipinski definition) is 3. The third kappa shape index (κ3) is 3.00. The molecule has 6 nitrogen and oxygen atoms in total. The van der Waals surface area contributed by atoms with Gasteiger partial charge < -0.3 is 10.2 Å². The van der Waals surface area contributed by atoms with Crippen LogP contribution in [0, 0.1) is 11.3 Å². The summed E-state index contributed by atoms with van der Waals surface area (Å²) in [6.07, 6.45) is 2.45. The van der Waals surface area contributed by atoms with Crippen molar-refractivity contribution < 1.29 is 9.59 Å². The van der Waals surface area contributed by atoms with Gasteiger partial charge in [-0.25, -0.2) is 4.79 Å². The van der Waals surface area contributed by atoms with Crippen LogP contribution in [0.4, 0.5) is 4.79 Å². The Bertz CT molecular complexity index is 376. The van der Waals surface area contributed by atoms with Crippen LogP contribution < -0.4 is 10.6 Å². The molecule has 2 aliphatic rings. The van der Waals surface area contributed by atoms with Crippen molar-refractivity contribution in [3.63, 3.8) is 0 Å². The number of carbonyl (C=O) groups is 2. The number of amidine groups is 1. The van der Waals surface area contributed by atoms with Crippen LogP contribution >= 0.6 is 0 Å². The van der Waals surface area contributed by atoms with E-state index in [9.17, 15) is 9.59 Å². The first kappa shape index (κ1) is 12.9. The minimum Gasteiger partial charge on any atom is -0.354 e. The van der Waals surface area contributed by atoms with Crippen LogP contribution in [0.3, 0.4) is 0 Å². The normalized spacial score (nSPS) is 23.5. The SMILES string of the molecule is CC(C)NC(=O)CC1C(=N)NC(=O)N1CC1CC1. The Morgan fingerprint density at radius 3 is 2.78 bits per heavy atom. The average Bonchev–Trinajstić information content (AvgIpc) is 3.01. The Kier molecular flexibility index (Phi) is 3.54. The lowest BCUT2D eigenvalue weighted by molar-refractivity contribution is -0.122. The highest BCUT2D eigenvalue weighted by atomic mass is 16.2. The van der Waals surface area contributed by atoms with Gasteiger partial charge in [-0.2, -0.15) is 0 Å². The minimum absolute atomic E-state index is 0.0774. The van der Waals surface area contributed by atoms with Crippen LogP contribution in [0.25, 0.3) is 0 Å². The van der Waals surface area contributed by atoms with Gasteiger partial charge in [-0.1, -0.05) is 0 Å². The first-order valence-electron chi connectivity index (χ1n) is 6.42. The molecule has 18 heavy (non-hydrogen) atoms. The minimum atomic E-state index is -0.420. The Morgan fingerprint density at radius 2 is 2.22 bits per heavy atom. The van der Waals surface area contributed by atoms with E-state index in [1.165, 1.54) is 0 Å². The summed E-state index contributed by atoms with van der Waals surface area (Å²) >= 11 is 0. The van der Waals surface area contributed by atoms with E-state index in [1.807, 2.05) is 13.8 Å². The summed E-state index contributed by atoms with van der Waals surface area (Å²) < 4.78 is 0. The number of amides is 3. The lowest BCUT2D eigenvalue weighted by Gasteiger charge is -2.22. The van der Waals surface area contributed by atoms with Crippen LogP contribution in [0.1, 0.15) is 33.1 Å². The summed E-state index contributed by atoms with van der Waals surface area (Å²) in [5, 5.41) is 13.0. The summed E-state index contributed by atoms with van der Waals surface area (Å²) in [5.74, 6) is 0.578. The zero-order valence-corrected chi connectivity index (χ0v) is 10.8. The molecule has 6 heteroatoms. The lowest BCUT2D eigenvalue weighted by Crippen LogP contribution is -2.41. The Morgan fingerprint density at radius 1 is 1.56 bits per heavy atom. The Balaban J connectivity index is 1.96. The summed E-state index contributed by atoms with van der Waals surface area (Å²) in [5.41, 5.74) is 0. The van der Waals surface area contributed by atoms with Crippen molar-refractivity contribution in [2.75, 3.05) is 6.54 Å². The molecule has 1 aliphatic carbocycles. The van der Waals surface area contributed by atoms with Crippen LogP contribution in [0.2, 0.25) is 0 Å². The maximum atomic E-state index is 11.7. The van der Waals surface area contributed by atoms with Crippen LogP contribution in [0.15, 0.2) is 0 Å². The van der Waals surface area contributed by atoms with E-state index in [2.05, 4.69) is 10.6 Å². The second-order valence-electron chi connectivity index (χ2n) is 5.38. The largest absolute Gasteiger partial charge is 0.354 e. The molecule has 0 aromatic carbocycles. The van der Waals surface area contributed by atoms with E-state index in [0.29, 0.717) is 12.5 Å². The van der Waals surface area contributed by atoms with Crippen molar-refractivity contribution in [2.24, 2.45) is 5.92 Å². The van der Waals surface area contributed by atoms with Gasteiger partial charge in [0.05, 0.1) is 12.5 Å². The molecule has 1 saturated heterocycles. The monoisotopic (exact) mass is 252 g/mol. The third-order valence-electron chi connectivity index (χ3n) is 3.19. The molecule has 1 unspecified atom stereocenters. The van der Waals surface area contributed by atoms with Gasteiger partial charge in [0.1, 0.15) is 5.84 Å². The van der Waals surface area contributed by atoms with Crippen molar-refractivity contribution >= 4 is 17.8 Å². The molecule has 3 amide bonds. The molecule has 1 aliphatic heterocycles. The average molecular weight is 252 g/mol. The van der Waals surface area contributed by atoms with E-state index >= 15 is 0 Å². The number of urea groups is 1. The summed E-state index contributed by atoms with van der Waals surface area (Å²) in [6.45, 7) is 4.44. The van der Waals surface area contributed by atoms with Crippen molar-refractivity contribution in [1.29, 1.82) is 5.41 Å². The number of carbonyl (C=O) groups excluding carboxylic acids is 2. The van der Waals surface area contributed by atoms with E-state index in [1.54, 1.807) is 4.90 Å². The zero-order valence-electron chi connectivity index (χ0n) is 10.8. The van der Waals surface area contributed by atoms with Gasteiger partial charge >= 0.3 is 6.03 Å². The Hall–Kier alpha value is -1.59. The number of rotatable bonds is 5. The molecule has 0 radical (unpaired) electrons. The number of hydrogen-bond donors (Lipinski definition) is 3. The quantitative estimate of drug-likeness (QED) is 0.672. The van der Waals surface area contributed by atoms with Gasteiger partial charge in [-0.05, 0) is 32.6 Å². The van der Waals surface area contributed by atoms with Crippen LogP contribution in [0.5, 0.6) is 0 Å². The van der Waals surface area contributed by atoms with Gasteiger partial charge in [0.2, 0.25) is 5.91 Å². The highest BCUT2D eigenvalue weighted by Crippen LogP contribution is 2.31. The lowest BCUT2D eigenvalue weighted by atomic mass is 10.1. The molecule has 1 heterocycles. The summed E-state index contributed by atoms with van der Waals surface area (Å²) in [4.78, 5) is 25.1. The molecule has 2 fully saturated rings. The van der Waals surface area contributed by atoms with E-state index in [4.69, 9.17) is 5.41 Å². The van der Waals surface area contributed by atoms with E-state index in [0.717, 1.165) is 12.8 Å². The fourth-order valence-electron chi connectivity index (χ4n) is 2.13. The van der Waals surface area contributed by atoms with Gasteiger partial charge in [-0.15, -0.1) is 0 Å². The van der Waals surface area contributed by atoms with E-state index in [-0.39, 0.29) is 30.2 Å². The molecule has 0 bridgehead atoms. The predicted octanol–water partition coefficient (Wildman–Crippen LogP) is 0.682. The highest BCUT2D eigenvalue weighted by molar-refractivity contribution is 6.07. The zero-order chi connectivity index (χ0) is 13.3. The van der Waals surface area contributed by atoms with Crippen LogP contribution in [-0.2, 0) is 4.79 Å². The molecule has 0 aromatic heterocycles. The molecule has 1 atom stereocenters. The second kappa shape index (κ2) is 4.96. The fourth-order valence-corrected chi connectivity index (χ4v) is 2.13. The second-order valence-corrected chi connectivity index (χ2v) is 5.38. The summed E-state index contributed by atoms with van der Waals surface area (Å²) in [6, 6.07) is -0.584. The summed E-state index contributed by atoms with van der Waals surface area (Å²) in [7, 11) is 0. The first-order chi connectivity index (χ1) is 8.47. The van der Waals surface area contributed by atoms with Gasteiger partial charge in [-0.3, -0.25) is 15.5 Å². The molecule has 1 saturated carbocycles. The standard InChI is InChI=1S/C12H20N4O2/c1-7(2)14-10(17)5-9-11(13)15-12(18)16(9)6-8-3-4-8/h7-9H,3-6H2,1-2H3,(H,14,17)(H2,13,15,18). The molecular formula is C12H20N4O2. The first-order valence-corrected chi connectivity index (χ1v) is 6.42. The molecule has 0 aromatic rings. The predicted molar refractivity (Wildman–Crippen MR) is 67.4 cm³/mol. The maximum absolute atomic E-state index is 11.7. The topological polar surface area (TPSA) is 85.3 Å². The molecule has 3 N–H and O–H groups in total. The number of nitrogens with one attached hydrogen (secondary N) is 3. The highest BCUT2D eigenvalue weighted by Gasteiger charge is 2.39. The van der Waals surface area contributed by atoms with Crippen molar-refractivity contribution in [3.05, 3.63) is 0 Å². The molecular weight excluding hydrogens is 232 g/mol. The Labute approximate surface area is 107 Å². The fraction of sp³-hybridized carbons (Fsp3) is 0.750. The van der Waals surface area contributed by atoms with Gasteiger partial charge in [0, 0.05) is 12.6 Å². The molecule has 100 valence electrons. The maximum Gasteiger partial charge on any atom is 0.323 e. The van der Waals surface area contributed by atoms with Gasteiger partial charge in [0.25, 0.3) is 0 Å². The van der Waals surface area contributed by atoms with Crippen LogP contribution in [-0.4, -0.2) is 41.3 Å². The molecule has 2 rings (SSSR count). The van der Waals surface area contributed by atoms with Crippen molar-refractivity contribution in [2.45, 2.75) is 45.2 Å². The molecule has 0 spiro atoms. The van der Waals surface area contributed by atoms with Crippen molar-refractivity contribution in [1.82, 2.24) is 15.5 Å². The smallest absolute Gasteiger partial charge is 0.323 e. The van der Waals surface area contributed by atoms with Gasteiger partial charge in [0.15, 0.2) is 0 Å². The number of nitrogens with zero attached hydrogens (tertiary/aromatic N) is 1.